The molecule has 0 amide bonds. The SMILES string of the molecule is C[P+]12CN3CN(C1)S(=O)(=O)N(C3)C2. The lowest BCUT2D eigenvalue weighted by atomic mass is 10.7. The molecule has 0 spiro atoms. The summed E-state index contributed by atoms with van der Waals surface area (Å²) < 4.78 is 26.8. The summed E-state index contributed by atoms with van der Waals surface area (Å²) in [7, 11) is -4.05. The maximum Gasteiger partial charge on any atom is 0.290 e. The van der Waals surface area contributed by atoms with Gasteiger partial charge >= 0.3 is 0 Å². The first-order valence-electron chi connectivity index (χ1n) is 4.31. The van der Waals surface area contributed by atoms with E-state index in [2.05, 4.69) is 11.6 Å². The van der Waals surface area contributed by atoms with Gasteiger partial charge in [0, 0.05) is 0 Å². The first kappa shape index (κ1) is 8.56. The molecule has 74 valence electrons. The molecule has 13 heavy (non-hydrogen) atoms. The Bertz CT molecular complexity index is 335. The van der Waals surface area contributed by atoms with Gasteiger partial charge in [-0.05, 0) is 0 Å². The van der Waals surface area contributed by atoms with Crippen LogP contribution in [0.2, 0.25) is 0 Å². The maximum atomic E-state index is 11.7. The van der Waals surface area contributed by atoms with Crippen molar-refractivity contribution < 1.29 is 8.42 Å². The summed E-state index contributed by atoms with van der Waals surface area (Å²) in [6.07, 6.45) is 2.76. The van der Waals surface area contributed by atoms with Crippen molar-refractivity contribution in [3.63, 3.8) is 0 Å². The molecule has 4 aliphatic rings. The van der Waals surface area contributed by atoms with Gasteiger partial charge in [0.2, 0.25) is 0 Å². The molecule has 0 N–H and O–H groups in total. The summed E-state index contributed by atoms with van der Waals surface area (Å²) in [6.45, 7) is 3.51. The first-order chi connectivity index (χ1) is 6.00. The molecule has 5 nitrogen and oxygen atoms in total. The second-order valence-corrected chi connectivity index (χ2v) is 10.4. The van der Waals surface area contributed by atoms with E-state index in [4.69, 9.17) is 0 Å². The minimum Gasteiger partial charge on any atom is -0.243 e. The fourth-order valence-electron chi connectivity index (χ4n) is 2.50. The van der Waals surface area contributed by atoms with Gasteiger partial charge in [-0.15, -0.1) is 8.61 Å². The number of nitrogens with zero attached hydrogens (tertiary/aromatic N) is 3. The third-order valence-corrected chi connectivity index (χ3v) is 8.22. The van der Waals surface area contributed by atoms with Crippen LogP contribution in [0.3, 0.4) is 0 Å². The van der Waals surface area contributed by atoms with Gasteiger partial charge in [0.05, 0.1) is 27.3 Å². The molecule has 4 aliphatic heterocycles. The van der Waals surface area contributed by atoms with Crippen LogP contribution < -0.4 is 0 Å². The van der Waals surface area contributed by atoms with Crippen molar-refractivity contribution in [2.75, 3.05) is 38.9 Å². The normalized spacial score (nSPS) is 56.8. The molecule has 4 bridgehead atoms. The van der Waals surface area contributed by atoms with E-state index < -0.39 is 17.5 Å². The molecule has 0 aliphatic carbocycles. The monoisotopic (exact) mass is 222 g/mol. The molecule has 4 saturated heterocycles. The molecular weight excluding hydrogens is 209 g/mol. The van der Waals surface area contributed by atoms with Gasteiger partial charge in [-0.25, -0.2) is 4.90 Å². The summed E-state index contributed by atoms with van der Waals surface area (Å²) in [5, 5.41) is 0. The number of hydrogen-bond acceptors (Lipinski definition) is 3. The number of rotatable bonds is 0. The molecule has 0 radical (unpaired) electrons. The van der Waals surface area contributed by atoms with Crippen LogP contribution in [-0.2, 0) is 10.2 Å². The predicted octanol–water partition coefficient (Wildman–Crippen LogP) is -0.387. The van der Waals surface area contributed by atoms with Gasteiger partial charge in [0.1, 0.15) is 18.9 Å². The Balaban J connectivity index is 2.08. The topological polar surface area (TPSA) is 43.9 Å². The molecular formula is C6H13N3O2PS+. The van der Waals surface area contributed by atoms with Gasteiger partial charge in [0.25, 0.3) is 10.2 Å². The van der Waals surface area contributed by atoms with Crippen LogP contribution >= 0.6 is 7.26 Å². The van der Waals surface area contributed by atoms with Gasteiger partial charge in [-0.2, -0.15) is 8.42 Å². The Morgan fingerprint density at radius 3 is 2.08 bits per heavy atom. The van der Waals surface area contributed by atoms with E-state index in [1.807, 2.05) is 0 Å². The fraction of sp³-hybridized carbons (Fsp3) is 1.00. The van der Waals surface area contributed by atoms with Crippen LogP contribution in [0.5, 0.6) is 0 Å². The van der Waals surface area contributed by atoms with Gasteiger partial charge in [-0.1, -0.05) is 0 Å². The largest absolute Gasteiger partial charge is 0.290 e. The molecule has 4 fully saturated rings. The van der Waals surface area contributed by atoms with Crippen molar-refractivity contribution in [2.24, 2.45) is 0 Å². The third-order valence-electron chi connectivity index (χ3n) is 2.91. The summed E-state index contributed by atoms with van der Waals surface area (Å²) in [6, 6.07) is 0. The van der Waals surface area contributed by atoms with E-state index in [9.17, 15) is 8.42 Å². The van der Waals surface area contributed by atoms with Crippen molar-refractivity contribution in [1.29, 1.82) is 0 Å². The van der Waals surface area contributed by atoms with Crippen LogP contribution in [-0.4, -0.2) is 60.8 Å². The Morgan fingerprint density at radius 1 is 1.08 bits per heavy atom. The zero-order valence-corrected chi connectivity index (χ0v) is 9.26. The highest BCUT2D eigenvalue weighted by molar-refractivity contribution is 7.89. The Hall–Kier alpha value is 0.260. The van der Waals surface area contributed by atoms with E-state index in [-0.39, 0.29) is 0 Å². The zero-order valence-electron chi connectivity index (χ0n) is 7.55. The molecule has 4 heterocycles. The van der Waals surface area contributed by atoms with E-state index in [0.29, 0.717) is 13.3 Å². The van der Waals surface area contributed by atoms with E-state index in [1.165, 1.54) is 0 Å². The quantitative estimate of drug-likeness (QED) is 0.524. The lowest BCUT2D eigenvalue weighted by Gasteiger charge is -2.53. The van der Waals surface area contributed by atoms with Crippen molar-refractivity contribution >= 4 is 17.5 Å². The first-order valence-corrected chi connectivity index (χ1v) is 8.50. The minimum atomic E-state index is -3.05. The van der Waals surface area contributed by atoms with Crippen LogP contribution in [0.15, 0.2) is 0 Å². The fourth-order valence-corrected chi connectivity index (χ4v) is 9.40. The van der Waals surface area contributed by atoms with Crippen LogP contribution in [0.1, 0.15) is 0 Å². The van der Waals surface area contributed by atoms with Crippen LogP contribution in [0, 0.1) is 0 Å². The second kappa shape index (κ2) is 2.25. The molecule has 0 saturated carbocycles. The van der Waals surface area contributed by atoms with E-state index >= 15 is 0 Å². The van der Waals surface area contributed by atoms with Crippen molar-refractivity contribution in [2.45, 2.75) is 0 Å². The van der Waals surface area contributed by atoms with Gasteiger partial charge in [0.15, 0.2) is 0 Å². The van der Waals surface area contributed by atoms with E-state index in [0.717, 1.165) is 18.9 Å². The smallest absolute Gasteiger partial charge is 0.243 e. The standard InChI is InChI=1S/C6H13N3O2PS/c1-12-4-7-2-8(5-12)13(10,11)9(3-7)6-12/h2-6H2,1H3/q+1. The maximum absolute atomic E-state index is 11.7. The number of hydrogen-bond donors (Lipinski definition) is 0. The lowest BCUT2D eigenvalue weighted by molar-refractivity contribution is 0.109. The Morgan fingerprint density at radius 2 is 1.62 bits per heavy atom. The molecule has 0 aromatic carbocycles. The van der Waals surface area contributed by atoms with Crippen molar-refractivity contribution in [3.05, 3.63) is 0 Å². The molecule has 2 atom stereocenters. The van der Waals surface area contributed by atoms with E-state index in [1.54, 1.807) is 8.61 Å². The summed E-state index contributed by atoms with van der Waals surface area (Å²) in [4.78, 5) is 2.24. The van der Waals surface area contributed by atoms with Crippen molar-refractivity contribution in [1.82, 2.24) is 13.5 Å². The highest BCUT2D eigenvalue weighted by Gasteiger charge is 2.58. The average Bonchev–Trinajstić information content (AvgIpc) is 1.97. The summed E-state index contributed by atoms with van der Waals surface area (Å²) in [5.41, 5.74) is 0. The van der Waals surface area contributed by atoms with Gasteiger partial charge < -0.3 is 0 Å². The molecule has 0 aromatic rings. The average molecular weight is 222 g/mol. The Kier molecular flexibility index (Phi) is 1.48. The highest BCUT2D eigenvalue weighted by atomic mass is 32.2. The molecule has 2 unspecified atom stereocenters. The summed E-state index contributed by atoms with van der Waals surface area (Å²) >= 11 is 0. The van der Waals surface area contributed by atoms with Gasteiger partial charge in [-0.3, -0.25) is 0 Å². The highest BCUT2D eigenvalue weighted by Crippen LogP contribution is 2.63. The summed E-state index contributed by atoms with van der Waals surface area (Å²) in [5.74, 6) is 0. The molecule has 0 aromatic heterocycles. The Labute approximate surface area is 78.8 Å². The van der Waals surface area contributed by atoms with Crippen molar-refractivity contribution in [3.8, 4) is 0 Å². The molecule has 4 rings (SSSR count). The van der Waals surface area contributed by atoms with Crippen LogP contribution in [0.25, 0.3) is 0 Å². The van der Waals surface area contributed by atoms with Crippen LogP contribution in [0.4, 0.5) is 0 Å². The molecule has 7 heteroatoms. The third kappa shape index (κ3) is 1.04. The lowest BCUT2D eigenvalue weighted by Crippen LogP contribution is -2.66. The predicted molar refractivity (Wildman–Crippen MR) is 51.6 cm³/mol. The second-order valence-electron chi connectivity index (χ2n) is 4.41. The zero-order chi connectivity index (χ0) is 9.27. The minimum absolute atomic E-state index is 0.619.